The van der Waals surface area contributed by atoms with Crippen LogP contribution >= 0.6 is 0 Å². The van der Waals surface area contributed by atoms with Crippen LogP contribution < -0.4 is 5.32 Å². The third-order valence-corrected chi connectivity index (χ3v) is 5.01. The monoisotopic (exact) mass is 272 g/mol. The van der Waals surface area contributed by atoms with Gasteiger partial charge in [-0.2, -0.15) is 0 Å². The Morgan fingerprint density at radius 3 is 2.40 bits per heavy atom. The second-order valence-electron chi connectivity index (χ2n) is 6.71. The predicted molar refractivity (Wildman–Crippen MR) is 85.1 cm³/mol. The van der Waals surface area contributed by atoms with Crippen LogP contribution in [-0.2, 0) is 12.8 Å². The van der Waals surface area contributed by atoms with E-state index in [0.717, 1.165) is 5.92 Å². The normalized spacial score (nSPS) is 21.2. The summed E-state index contributed by atoms with van der Waals surface area (Å²) in [5.41, 5.74) is 3.10. The molecular formula is C18H28N2. The lowest BCUT2D eigenvalue weighted by Gasteiger charge is -2.30. The number of nitrogens with zero attached hydrogens (tertiary/aromatic N) is 1. The Kier molecular flexibility index (Phi) is 4.74. The molecule has 110 valence electrons. The van der Waals surface area contributed by atoms with Gasteiger partial charge in [-0.25, -0.2) is 0 Å². The van der Waals surface area contributed by atoms with E-state index < -0.39 is 0 Å². The number of fused-ring (bicyclic) bond motifs is 1. The zero-order valence-electron chi connectivity index (χ0n) is 12.8. The highest BCUT2D eigenvalue weighted by Gasteiger charge is 2.20. The first-order chi connectivity index (χ1) is 9.81. The van der Waals surface area contributed by atoms with Crippen molar-refractivity contribution in [3.05, 3.63) is 35.4 Å². The summed E-state index contributed by atoms with van der Waals surface area (Å²) in [6.07, 6.45) is 6.52. The van der Waals surface area contributed by atoms with Gasteiger partial charge in [0.2, 0.25) is 0 Å². The van der Waals surface area contributed by atoms with Crippen LogP contribution in [0.15, 0.2) is 24.3 Å². The lowest BCUT2D eigenvalue weighted by molar-refractivity contribution is 0.190. The summed E-state index contributed by atoms with van der Waals surface area (Å²) in [7, 11) is 0. The summed E-state index contributed by atoms with van der Waals surface area (Å²) in [5.74, 6) is 0.946. The van der Waals surface area contributed by atoms with Crippen LogP contribution in [0.3, 0.4) is 0 Å². The third-order valence-electron chi connectivity index (χ3n) is 5.01. The van der Waals surface area contributed by atoms with Crippen molar-refractivity contribution < 1.29 is 0 Å². The summed E-state index contributed by atoms with van der Waals surface area (Å²) in [6, 6.07) is 9.57. The number of hydrogen-bond donors (Lipinski definition) is 1. The fourth-order valence-corrected chi connectivity index (χ4v) is 3.60. The number of nitrogens with one attached hydrogen (secondary N) is 1. The minimum Gasteiger partial charge on any atom is -0.313 e. The highest BCUT2D eigenvalue weighted by molar-refractivity contribution is 5.33. The Hall–Kier alpha value is -0.860. The van der Waals surface area contributed by atoms with Crippen molar-refractivity contribution in [2.24, 2.45) is 5.92 Å². The summed E-state index contributed by atoms with van der Waals surface area (Å²) in [5, 5.41) is 3.75. The van der Waals surface area contributed by atoms with Gasteiger partial charge in [0.05, 0.1) is 0 Å². The quantitative estimate of drug-likeness (QED) is 0.829. The maximum Gasteiger partial charge on any atom is 0.0148 e. The first kappa shape index (κ1) is 14.1. The second-order valence-corrected chi connectivity index (χ2v) is 6.71. The molecule has 1 saturated heterocycles. The van der Waals surface area contributed by atoms with Crippen molar-refractivity contribution in [1.29, 1.82) is 0 Å². The molecule has 20 heavy (non-hydrogen) atoms. The Morgan fingerprint density at radius 1 is 1.10 bits per heavy atom. The SMILES string of the molecule is CC1CCN(CCCNC2Cc3ccccc3C2)CC1. The van der Waals surface area contributed by atoms with Crippen molar-refractivity contribution in [3.8, 4) is 0 Å². The van der Waals surface area contributed by atoms with Gasteiger partial charge in [0.15, 0.2) is 0 Å². The molecule has 0 saturated carbocycles. The van der Waals surface area contributed by atoms with Gasteiger partial charge < -0.3 is 10.2 Å². The van der Waals surface area contributed by atoms with E-state index in [1.165, 1.54) is 58.3 Å². The van der Waals surface area contributed by atoms with Crippen molar-refractivity contribution in [2.45, 2.75) is 45.1 Å². The lowest BCUT2D eigenvalue weighted by atomic mass is 9.99. The lowest BCUT2D eigenvalue weighted by Crippen LogP contribution is -2.36. The van der Waals surface area contributed by atoms with Gasteiger partial charge in [-0.1, -0.05) is 31.2 Å². The van der Waals surface area contributed by atoms with Crippen LogP contribution in [0.2, 0.25) is 0 Å². The average molecular weight is 272 g/mol. The second kappa shape index (κ2) is 6.73. The van der Waals surface area contributed by atoms with E-state index in [2.05, 4.69) is 41.4 Å². The van der Waals surface area contributed by atoms with Crippen molar-refractivity contribution in [3.63, 3.8) is 0 Å². The molecule has 1 heterocycles. The molecule has 1 N–H and O–H groups in total. The van der Waals surface area contributed by atoms with E-state index in [0.29, 0.717) is 6.04 Å². The van der Waals surface area contributed by atoms with Crippen LogP contribution in [0, 0.1) is 5.92 Å². The summed E-state index contributed by atoms with van der Waals surface area (Å²) >= 11 is 0. The number of benzene rings is 1. The standard InChI is InChI=1S/C18H28N2/c1-15-7-11-20(12-8-15)10-4-9-19-18-13-16-5-2-3-6-17(16)14-18/h2-3,5-6,15,18-19H,4,7-14H2,1H3. The zero-order chi connectivity index (χ0) is 13.8. The molecule has 1 aliphatic carbocycles. The Labute approximate surface area is 123 Å². The molecule has 0 unspecified atom stereocenters. The maximum absolute atomic E-state index is 3.75. The average Bonchev–Trinajstić information content (AvgIpc) is 2.88. The third kappa shape index (κ3) is 3.62. The van der Waals surface area contributed by atoms with Crippen LogP contribution in [0.25, 0.3) is 0 Å². The zero-order valence-corrected chi connectivity index (χ0v) is 12.8. The molecule has 1 aromatic carbocycles. The Morgan fingerprint density at radius 2 is 1.75 bits per heavy atom. The van der Waals surface area contributed by atoms with Crippen LogP contribution in [-0.4, -0.2) is 37.1 Å². The van der Waals surface area contributed by atoms with Gasteiger partial charge in [0, 0.05) is 6.04 Å². The fraction of sp³-hybridized carbons (Fsp3) is 0.667. The van der Waals surface area contributed by atoms with E-state index in [9.17, 15) is 0 Å². The Balaban J connectivity index is 1.32. The van der Waals surface area contributed by atoms with Gasteiger partial charge in [0.25, 0.3) is 0 Å². The van der Waals surface area contributed by atoms with Crippen molar-refractivity contribution in [2.75, 3.05) is 26.2 Å². The molecular weight excluding hydrogens is 244 g/mol. The molecule has 1 aliphatic heterocycles. The summed E-state index contributed by atoms with van der Waals surface area (Å²) in [4.78, 5) is 2.64. The number of rotatable bonds is 5. The van der Waals surface area contributed by atoms with Crippen molar-refractivity contribution in [1.82, 2.24) is 10.2 Å². The first-order valence-corrected chi connectivity index (χ1v) is 8.34. The minimum atomic E-state index is 0.675. The predicted octanol–water partition coefficient (Wildman–Crippen LogP) is 2.87. The maximum atomic E-state index is 3.75. The summed E-state index contributed by atoms with van der Waals surface area (Å²) in [6.45, 7) is 7.47. The van der Waals surface area contributed by atoms with E-state index in [4.69, 9.17) is 0 Å². The summed E-state index contributed by atoms with van der Waals surface area (Å²) < 4.78 is 0. The smallest absolute Gasteiger partial charge is 0.0148 e. The van der Waals surface area contributed by atoms with Gasteiger partial charge >= 0.3 is 0 Å². The number of likely N-dealkylation sites (tertiary alicyclic amines) is 1. The first-order valence-electron chi connectivity index (χ1n) is 8.34. The number of piperidine rings is 1. The van der Waals surface area contributed by atoms with E-state index in [1.54, 1.807) is 11.1 Å². The molecule has 0 aromatic heterocycles. The van der Waals surface area contributed by atoms with Gasteiger partial charge in [-0.15, -0.1) is 0 Å². The van der Waals surface area contributed by atoms with Crippen LogP contribution in [0.1, 0.15) is 37.3 Å². The molecule has 0 atom stereocenters. The van der Waals surface area contributed by atoms with Crippen LogP contribution in [0.5, 0.6) is 0 Å². The van der Waals surface area contributed by atoms with E-state index in [1.807, 2.05) is 0 Å². The molecule has 0 amide bonds. The molecule has 0 radical (unpaired) electrons. The topological polar surface area (TPSA) is 15.3 Å². The Bertz CT molecular complexity index is 396. The molecule has 2 heteroatoms. The molecule has 0 spiro atoms. The number of hydrogen-bond acceptors (Lipinski definition) is 2. The highest BCUT2D eigenvalue weighted by Crippen LogP contribution is 2.21. The van der Waals surface area contributed by atoms with Gasteiger partial charge in [-0.3, -0.25) is 0 Å². The molecule has 3 rings (SSSR count). The molecule has 1 fully saturated rings. The van der Waals surface area contributed by atoms with Crippen LogP contribution in [0.4, 0.5) is 0 Å². The fourth-order valence-electron chi connectivity index (χ4n) is 3.60. The highest BCUT2D eigenvalue weighted by atomic mass is 15.1. The largest absolute Gasteiger partial charge is 0.313 e. The molecule has 2 aliphatic rings. The van der Waals surface area contributed by atoms with E-state index >= 15 is 0 Å². The molecule has 2 nitrogen and oxygen atoms in total. The molecule has 0 bridgehead atoms. The van der Waals surface area contributed by atoms with Gasteiger partial charge in [0.1, 0.15) is 0 Å². The molecule has 1 aromatic rings. The minimum absolute atomic E-state index is 0.675. The van der Waals surface area contributed by atoms with Gasteiger partial charge in [-0.05, 0) is 75.3 Å². The van der Waals surface area contributed by atoms with Crippen molar-refractivity contribution >= 4 is 0 Å². The van der Waals surface area contributed by atoms with E-state index in [-0.39, 0.29) is 0 Å².